The molecule has 0 spiro atoms. The van der Waals surface area contributed by atoms with Gasteiger partial charge in [-0.1, -0.05) is 12.5 Å². The molecule has 2 aromatic carbocycles. The Morgan fingerprint density at radius 2 is 1.81 bits per heavy atom. The summed E-state index contributed by atoms with van der Waals surface area (Å²) in [6, 6.07) is 16.7. The number of rotatable bonds is 9. The molecule has 0 radical (unpaired) electrons. The summed E-state index contributed by atoms with van der Waals surface area (Å²) in [6.07, 6.45) is 2.72. The van der Waals surface area contributed by atoms with Gasteiger partial charge in [0.15, 0.2) is 0 Å². The summed E-state index contributed by atoms with van der Waals surface area (Å²) in [7, 11) is 4.90. The number of nitrogens with one attached hydrogen (secondary N) is 2. The molecule has 192 valence electrons. The lowest BCUT2D eigenvalue weighted by Crippen LogP contribution is -2.25. The van der Waals surface area contributed by atoms with Crippen molar-refractivity contribution >= 4 is 28.5 Å². The van der Waals surface area contributed by atoms with E-state index in [0.717, 1.165) is 46.8 Å². The molecule has 1 aliphatic carbocycles. The van der Waals surface area contributed by atoms with Crippen LogP contribution in [0, 0.1) is 0 Å². The van der Waals surface area contributed by atoms with Crippen molar-refractivity contribution in [3.8, 4) is 22.5 Å². The van der Waals surface area contributed by atoms with Crippen LogP contribution in [0.2, 0.25) is 0 Å². The first kappa shape index (κ1) is 25.9. The lowest BCUT2D eigenvalue weighted by molar-refractivity contribution is 0.0601. The lowest BCUT2D eigenvalue weighted by Gasteiger charge is -2.18. The number of benzene rings is 3. The predicted molar refractivity (Wildman–Crippen MR) is 146 cm³/mol. The number of methoxy groups -OCH3 is 1. The molecule has 8 heteroatoms. The fourth-order valence-electron chi connectivity index (χ4n) is 4.40. The molecule has 2 aromatic rings. The van der Waals surface area contributed by atoms with E-state index in [1.807, 2.05) is 43.4 Å². The summed E-state index contributed by atoms with van der Waals surface area (Å²) in [5.41, 5.74) is 10.1. The van der Waals surface area contributed by atoms with Gasteiger partial charge in [-0.3, -0.25) is 9.79 Å². The molecule has 0 atom stereocenters. The summed E-state index contributed by atoms with van der Waals surface area (Å²) >= 11 is 0. The maximum Gasteiger partial charge on any atom is 0.338 e. The molecule has 0 saturated heterocycles. The maximum atomic E-state index is 13.0. The number of anilines is 1. The van der Waals surface area contributed by atoms with Crippen LogP contribution in [0.3, 0.4) is 0 Å². The number of nitrogens with zero attached hydrogens (tertiary/aromatic N) is 1. The van der Waals surface area contributed by atoms with Crippen molar-refractivity contribution in [2.24, 2.45) is 10.7 Å². The fraction of sp³-hybridized carbons (Fsp3) is 0.276. The van der Waals surface area contributed by atoms with E-state index in [9.17, 15) is 9.59 Å². The normalized spacial score (nSPS) is 11.6. The van der Waals surface area contributed by atoms with E-state index < -0.39 is 5.97 Å². The molecule has 1 heterocycles. The Kier molecular flexibility index (Phi) is 8.20. The summed E-state index contributed by atoms with van der Waals surface area (Å²) in [4.78, 5) is 30.1. The van der Waals surface area contributed by atoms with Gasteiger partial charge in [-0.25, -0.2) is 4.79 Å². The fourth-order valence-corrected chi connectivity index (χ4v) is 4.40. The SMILES string of the molecule is CN=c1ccc2c(-c3ccc(C(=O)NCCCCCN)cc3C(=O)OC)c3ccc(NC)cc3oc-2c1. The van der Waals surface area contributed by atoms with E-state index >= 15 is 0 Å². The predicted octanol–water partition coefficient (Wildman–Crippen LogP) is 4.42. The molecule has 0 fully saturated rings. The van der Waals surface area contributed by atoms with Gasteiger partial charge in [-0.2, -0.15) is 0 Å². The average Bonchev–Trinajstić information content (AvgIpc) is 2.94. The van der Waals surface area contributed by atoms with Gasteiger partial charge in [0.2, 0.25) is 0 Å². The number of hydrogen-bond donors (Lipinski definition) is 3. The lowest BCUT2D eigenvalue weighted by atomic mass is 9.89. The van der Waals surface area contributed by atoms with E-state index in [2.05, 4.69) is 15.6 Å². The number of fused-ring (bicyclic) bond motifs is 2. The standard InChI is InChI=1S/C29H32N4O4/c1-31-19-8-11-22-25(16-19)37-26-17-20(32-2)9-12-23(26)27(22)21-10-7-18(15-24(21)29(35)36-3)28(34)33-14-6-4-5-13-30/h7-12,15-17,31H,4-6,13-14,30H2,1-3H3,(H,33,34). The first-order valence-corrected chi connectivity index (χ1v) is 12.3. The van der Waals surface area contributed by atoms with Crippen LogP contribution in [0.4, 0.5) is 5.69 Å². The van der Waals surface area contributed by atoms with E-state index in [1.54, 1.807) is 25.2 Å². The van der Waals surface area contributed by atoms with Crippen molar-refractivity contribution in [1.82, 2.24) is 5.32 Å². The Labute approximate surface area is 215 Å². The zero-order valence-electron chi connectivity index (χ0n) is 21.4. The summed E-state index contributed by atoms with van der Waals surface area (Å²) in [5.74, 6) is -0.134. The second kappa shape index (κ2) is 11.7. The van der Waals surface area contributed by atoms with Crippen molar-refractivity contribution in [2.75, 3.05) is 39.6 Å². The molecule has 8 nitrogen and oxygen atoms in total. The first-order chi connectivity index (χ1) is 18.0. The van der Waals surface area contributed by atoms with Gasteiger partial charge in [-0.15, -0.1) is 0 Å². The average molecular weight is 501 g/mol. The molecule has 0 unspecified atom stereocenters. The highest BCUT2D eigenvalue weighted by atomic mass is 16.5. The van der Waals surface area contributed by atoms with Gasteiger partial charge in [0.05, 0.1) is 18.0 Å². The highest BCUT2D eigenvalue weighted by Gasteiger charge is 2.23. The molecule has 4 rings (SSSR count). The smallest absolute Gasteiger partial charge is 0.338 e. The van der Waals surface area contributed by atoms with Crippen LogP contribution in [0.1, 0.15) is 40.0 Å². The van der Waals surface area contributed by atoms with Gasteiger partial charge < -0.3 is 25.5 Å². The maximum absolute atomic E-state index is 13.0. The Bertz CT molecular complexity index is 1470. The Hall–Kier alpha value is -4.17. The molecule has 37 heavy (non-hydrogen) atoms. The number of hydrogen-bond acceptors (Lipinski definition) is 7. The van der Waals surface area contributed by atoms with Crippen LogP contribution in [0.5, 0.6) is 0 Å². The van der Waals surface area contributed by atoms with Crippen LogP contribution >= 0.6 is 0 Å². The van der Waals surface area contributed by atoms with Crippen molar-refractivity contribution in [2.45, 2.75) is 19.3 Å². The third-order valence-corrected chi connectivity index (χ3v) is 6.38. The molecular weight excluding hydrogens is 468 g/mol. The number of carbonyl (C=O) groups excluding carboxylic acids is 2. The molecule has 1 aliphatic heterocycles. The van der Waals surface area contributed by atoms with Crippen molar-refractivity contribution in [3.05, 3.63) is 71.1 Å². The van der Waals surface area contributed by atoms with Gasteiger partial charge in [0.1, 0.15) is 11.3 Å². The van der Waals surface area contributed by atoms with Gasteiger partial charge in [0.25, 0.3) is 5.91 Å². The minimum atomic E-state index is -0.526. The monoisotopic (exact) mass is 500 g/mol. The number of nitrogens with two attached hydrogens (primary N) is 1. The highest BCUT2D eigenvalue weighted by molar-refractivity contribution is 6.09. The Morgan fingerprint density at radius 1 is 1.00 bits per heavy atom. The molecule has 2 aliphatic rings. The van der Waals surface area contributed by atoms with Crippen molar-refractivity contribution in [3.63, 3.8) is 0 Å². The highest BCUT2D eigenvalue weighted by Crippen LogP contribution is 2.42. The first-order valence-electron chi connectivity index (χ1n) is 12.3. The van der Waals surface area contributed by atoms with Crippen LogP contribution in [-0.4, -0.2) is 46.2 Å². The van der Waals surface area contributed by atoms with Gasteiger partial charge >= 0.3 is 5.97 Å². The minimum absolute atomic E-state index is 0.241. The molecule has 0 bridgehead atoms. The third kappa shape index (κ3) is 5.49. The zero-order chi connectivity index (χ0) is 26.4. The second-order valence-corrected chi connectivity index (χ2v) is 8.70. The van der Waals surface area contributed by atoms with E-state index in [4.69, 9.17) is 14.9 Å². The Balaban J connectivity index is 1.87. The summed E-state index contributed by atoms with van der Waals surface area (Å²) < 4.78 is 11.4. The minimum Gasteiger partial charge on any atom is -0.465 e. The molecule has 0 aromatic heterocycles. The van der Waals surface area contributed by atoms with Crippen molar-refractivity contribution < 1.29 is 18.7 Å². The Morgan fingerprint density at radius 3 is 2.54 bits per heavy atom. The number of carbonyl (C=O) groups is 2. The molecule has 0 saturated carbocycles. The summed E-state index contributed by atoms with van der Waals surface area (Å²) in [6.45, 7) is 1.18. The zero-order valence-corrected chi connectivity index (χ0v) is 21.4. The van der Waals surface area contributed by atoms with E-state index in [1.165, 1.54) is 7.11 Å². The topological polar surface area (TPSA) is 119 Å². The number of amides is 1. The van der Waals surface area contributed by atoms with E-state index in [0.29, 0.717) is 41.1 Å². The third-order valence-electron chi connectivity index (χ3n) is 6.38. The van der Waals surface area contributed by atoms with Crippen molar-refractivity contribution in [1.29, 1.82) is 0 Å². The van der Waals surface area contributed by atoms with E-state index in [-0.39, 0.29) is 5.91 Å². The van der Waals surface area contributed by atoms with Gasteiger partial charge in [-0.05, 0) is 61.3 Å². The molecule has 4 N–H and O–H groups in total. The van der Waals surface area contributed by atoms with Crippen LogP contribution in [-0.2, 0) is 4.74 Å². The van der Waals surface area contributed by atoms with Crippen LogP contribution < -0.4 is 21.7 Å². The number of unbranched alkanes of at least 4 members (excludes halogenated alkanes) is 2. The molecular formula is C29H32N4O4. The number of esters is 1. The molecule has 1 amide bonds. The van der Waals surface area contributed by atoms with Crippen LogP contribution in [0.25, 0.3) is 33.4 Å². The van der Waals surface area contributed by atoms with Crippen LogP contribution in [0.15, 0.2) is 64.0 Å². The second-order valence-electron chi connectivity index (χ2n) is 8.70. The summed E-state index contributed by atoms with van der Waals surface area (Å²) in [5, 5.41) is 7.66. The van der Waals surface area contributed by atoms with Gasteiger partial charge in [0, 0.05) is 60.5 Å². The largest absolute Gasteiger partial charge is 0.465 e. The quantitative estimate of drug-likeness (QED) is 0.178. The number of ether oxygens (including phenoxy) is 1.